The number of barbiturate groups is 1. The number of carbonyl (C=O) groups excluding carboxylic acids is 3. The molecular formula is C27H22ClFN2O4. The molecule has 1 fully saturated rings. The predicted octanol–water partition coefficient (Wildman–Crippen LogP) is 5.36. The van der Waals surface area contributed by atoms with Crippen LogP contribution in [0.5, 0.6) is 5.75 Å². The molecule has 1 aliphatic rings. The van der Waals surface area contributed by atoms with Crippen molar-refractivity contribution in [3.8, 4) is 5.75 Å². The number of benzene rings is 3. The van der Waals surface area contributed by atoms with E-state index in [4.69, 9.17) is 16.3 Å². The molecular weight excluding hydrogens is 471 g/mol. The average Bonchev–Trinajstić information content (AvgIpc) is 2.80. The maximum atomic E-state index is 13.6. The molecule has 0 unspecified atom stereocenters. The first-order chi connectivity index (χ1) is 16.7. The van der Waals surface area contributed by atoms with E-state index in [0.29, 0.717) is 39.6 Å². The Morgan fingerprint density at radius 2 is 1.80 bits per heavy atom. The zero-order valence-electron chi connectivity index (χ0n) is 19.3. The fourth-order valence-corrected chi connectivity index (χ4v) is 4.13. The smallest absolute Gasteiger partial charge is 0.335 e. The van der Waals surface area contributed by atoms with Crippen LogP contribution in [-0.2, 0) is 16.0 Å². The molecule has 1 heterocycles. The van der Waals surface area contributed by atoms with Gasteiger partial charge in [0.25, 0.3) is 11.8 Å². The summed E-state index contributed by atoms with van der Waals surface area (Å²) >= 11 is 6.52. The fourth-order valence-electron chi connectivity index (χ4n) is 3.84. The number of nitrogens with zero attached hydrogens (tertiary/aromatic N) is 1. The summed E-state index contributed by atoms with van der Waals surface area (Å²) in [5.41, 5.74) is 3.81. The first-order valence-corrected chi connectivity index (χ1v) is 11.2. The maximum absolute atomic E-state index is 13.6. The lowest BCUT2D eigenvalue weighted by Crippen LogP contribution is -2.54. The van der Waals surface area contributed by atoms with E-state index in [0.717, 1.165) is 16.0 Å². The highest BCUT2D eigenvalue weighted by Crippen LogP contribution is 2.32. The van der Waals surface area contributed by atoms with Crippen LogP contribution in [0.4, 0.5) is 14.9 Å². The molecule has 0 saturated carbocycles. The van der Waals surface area contributed by atoms with Crippen molar-refractivity contribution < 1.29 is 23.5 Å². The standard InChI is InChI=1S/C27H22ClFN2O4/c1-15-7-8-20(9-16(15)2)31-26(33)22(25(32)30-27(31)34)12-18-13-23(28)21(24(14-18)35-3)11-17-5-4-6-19(29)10-17/h4-10,12-14H,11H2,1-3H3,(H,30,32,34)/b22-12+. The van der Waals surface area contributed by atoms with Crippen LogP contribution in [0.2, 0.25) is 5.02 Å². The molecule has 8 heteroatoms. The number of imide groups is 2. The van der Waals surface area contributed by atoms with Crippen molar-refractivity contribution in [1.29, 1.82) is 0 Å². The summed E-state index contributed by atoms with van der Waals surface area (Å²) in [6.07, 6.45) is 1.68. The zero-order chi connectivity index (χ0) is 25.3. The number of amides is 4. The van der Waals surface area contributed by atoms with E-state index in [1.54, 1.807) is 42.5 Å². The molecule has 1 saturated heterocycles. The van der Waals surface area contributed by atoms with Gasteiger partial charge in [0.1, 0.15) is 17.1 Å². The number of aryl methyl sites for hydroxylation is 2. The molecule has 0 radical (unpaired) electrons. The number of anilines is 1. The van der Waals surface area contributed by atoms with E-state index < -0.39 is 17.8 Å². The second-order valence-electron chi connectivity index (χ2n) is 8.22. The Morgan fingerprint density at radius 1 is 1.03 bits per heavy atom. The van der Waals surface area contributed by atoms with Gasteiger partial charge in [-0.3, -0.25) is 14.9 Å². The van der Waals surface area contributed by atoms with E-state index in [2.05, 4.69) is 5.32 Å². The van der Waals surface area contributed by atoms with E-state index in [9.17, 15) is 18.8 Å². The summed E-state index contributed by atoms with van der Waals surface area (Å²) in [6, 6.07) is 13.7. The summed E-state index contributed by atoms with van der Waals surface area (Å²) in [7, 11) is 1.47. The van der Waals surface area contributed by atoms with Crippen LogP contribution in [0, 0.1) is 19.7 Å². The van der Waals surface area contributed by atoms with Gasteiger partial charge in [0.15, 0.2) is 0 Å². The first-order valence-electron chi connectivity index (χ1n) is 10.8. The van der Waals surface area contributed by atoms with E-state index >= 15 is 0 Å². The number of carbonyl (C=O) groups is 3. The molecule has 0 atom stereocenters. The number of halogens is 2. The van der Waals surface area contributed by atoms with E-state index in [-0.39, 0.29) is 11.4 Å². The van der Waals surface area contributed by atoms with Gasteiger partial charge in [-0.15, -0.1) is 0 Å². The van der Waals surface area contributed by atoms with Crippen LogP contribution in [0.1, 0.15) is 27.8 Å². The molecule has 178 valence electrons. The molecule has 3 aromatic rings. The van der Waals surface area contributed by atoms with E-state index in [1.807, 2.05) is 13.8 Å². The third-order valence-electron chi connectivity index (χ3n) is 5.83. The van der Waals surface area contributed by atoms with Crippen molar-refractivity contribution in [2.24, 2.45) is 0 Å². The Balaban J connectivity index is 1.71. The minimum absolute atomic E-state index is 0.223. The third-order valence-corrected chi connectivity index (χ3v) is 6.17. The van der Waals surface area contributed by atoms with Gasteiger partial charge in [-0.05, 0) is 78.6 Å². The summed E-state index contributed by atoms with van der Waals surface area (Å²) in [5, 5.41) is 2.54. The van der Waals surface area contributed by atoms with Gasteiger partial charge in [-0.1, -0.05) is 29.8 Å². The van der Waals surface area contributed by atoms with Crippen LogP contribution in [0.25, 0.3) is 6.08 Å². The molecule has 1 aliphatic heterocycles. The van der Waals surface area contributed by atoms with Gasteiger partial charge in [0.2, 0.25) is 0 Å². The molecule has 4 rings (SSSR count). The number of rotatable bonds is 5. The first kappa shape index (κ1) is 24.2. The number of nitrogens with one attached hydrogen (secondary N) is 1. The van der Waals surface area contributed by atoms with Crippen LogP contribution in [-0.4, -0.2) is 25.0 Å². The topological polar surface area (TPSA) is 75.7 Å². The highest BCUT2D eigenvalue weighted by molar-refractivity contribution is 6.39. The van der Waals surface area contributed by atoms with Crippen molar-refractivity contribution in [1.82, 2.24) is 5.32 Å². The molecule has 1 N–H and O–H groups in total. The maximum Gasteiger partial charge on any atom is 0.335 e. The predicted molar refractivity (Wildman–Crippen MR) is 132 cm³/mol. The van der Waals surface area contributed by atoms with Crippen LogP contribution < -0.4 is 15.0 Å². The molecule has 4 amide bonds. The van der Waals surface area contributed by atoms with Crippen LogP contribution >= 0.6 is 11.6 Å². The highest BCUT2D eigenvalue weighted by Gasteiger charge is 2.37. The second kappa shape index (κ2) is 9.72. The largest absolute Gasteiger partial charge is 0.496 e. The fraction of sp³-hybridized carbons (Fsp3) is 0.148. The minimum atomic E-state index is -0.818. The van der Waals surface area contributed by atoms with Crippen molar-refractivity contribution in [2.75, 3.05) is 12.0 Å². The second-order valence-corrected chi connectivity index (χ2v) is 8.62. The van der Waals surface area contributed by atoms with Gasteiger partial charge in [0, 0.05) is 17.0 Å². The summed E-state index contributed by atoms with van der Waals surface area (Å²) in [4.78, 5) is 39.2. The van der Waals surface area contributed by atoms with E-state index in [1.165, 1.54) is 25.3 Å². The molecule has 6 nitrogen and oxygen atoms in total. The molecule has 0 aliphatic carbocycles. The highest BCUT2D eigenvalue weighted by atomic mass is 35.5. The van der Waals surface area contributed by atoms with Crippen LogP contribution in [0.15, 0.2) is 60.2 Å². The number of urea groups is 1. The Labute approximate surface area is 207 Å². The Hall–Kier alpha value is -3.97. The number of hydrogen-bond donors (Lipinski definition) is 1. The van der Waals surface area contributed by atoms with Crippen LogP contribution in [0.3, 0.4) is 0 Å². The number of hydrogen-bond acceptors (Lipinski definition) is 4. The van der Waals surface area contributed by atoms with Crippen molar-refractivity contribution in [3.05, 3.63) is 98.8 Å². The minimum Gasteiger partial charge on any atom is -0.496 e. The molecule has 0 bridgehead atoms. The lowest BCUT2D eigenvalue weighted by Gasteiger charge is -2.27. The quantitative estimate of drug-likeness (QED) is 0.384. The molecule has 3 aromatic carbocycles. The lowest BCUT2D eigenvalue weighted by molar-refractivity contribution is -0.122. The summed E-state index contributed by atoms with van der Waals surface area (Å²) in [5.74, 6) is -1.50. The van der Waals surface area contributed by atoms with Crippen molar-refractivity contribution >= 4 is 41.2 Å². The Bertz CT molecular complexity index is 1400. The zero-order valence-corrected chi connectivity index (χ0v) is 20.1. The summed E-state index contributed by atoms with van der Waals surface area (Å²) < 4.78 is 19.1. The van der Waals surface area contributed by atoms with Gasteiger partial charge < -0.3 is 4.74 Å². The monoisotopic (exact) mass is 492 g/mol. The molecule has 35 heavy (non-hydrogen) atoms. The number of ether oxygens (including phenoxy) is 1. The third kappa shape index (κ3) is 4.95. The van der Waals surface area contributed by atoms with Crippen molar-refractivity contribution in [3.63, 3.8) is 0 Å². The average molecular weight is 493 g/mol. The normalized spacial score (nSPS) is 14.9. The Morgan fingerprint density at radius 3 is 2.49 bits per heavy atom. The van der Waals surface area contributed by atoms with Crippen molar-refractivity contribution in [2.45, 2.75) is 20.3 Å². The van der Waals surface area contributed by atoms with Gasteiger partial charge in [0.05, 0.1) is 12.8 Å². The number of methoxy groups -OCH3 is 1. The molecule has 0 aromatic heterocycles. The van der Waals surface area contributed by atoms with Gasteiger partial charge in [-0.25, -0.2) is 14.1 Å². The lowest BCUT2D eigenvalue weighted by atomic mass is 10.00. The SMILES string of the molecule is COc1cc(/C=C2\C(=O)NC(=O)N(c3ccc(C)c(C)c3)C2=O)cc(Cl)c1Cc1cccc(F)c1. The Kier molecular flexibility index (Phi) is 6.71. The summed E-state index contributed by atoms with van der Waals surface area (Å²) in [6.45, 7) is 3.79. The van der Waals surface area contributed by atoms with Gasteiger partial charge in [-0.2, -0.15) is 0 Å². The molecule has 0 spiro atoms. The van der Waals surface area contributed by atoms with Gasteiger partial charge >= 0.3 is 6.03 Å².